The van der Waals surface area contributed by atoms with Crippen LogP contribution in [0.4, 0.5) is 0 Å². The summed E-state index contributed by atoms with van der Waals surface area (Å²) in [5.41, 5.74) is 1.18. The first-order valence-electron chi connectivity index (χ1n) is 6.04. The molecule has 0 saturated heterocycles. The smallest absolute Gasteiger partial charge is 0.303 e. The van der Waals surface area contributed by atoms with Crippen LogP contribution >= 0.6 is 0 Å². The SMILES string of the molecule is CC(=O)OC(C)c1ccc(C(=O)C(C)(C)C)cc1. The quantitative estimate of drug-likeness (QED) is 0.607. The number of esters is 1. The van der Waals surface area contributed by atoms with E-state index in [1.165, 1.54) is 6.92 Å². The maximum atomic E-state index is 12.0. The Bertz CT molecular complexity index is 438. The third kappa shape index (κ3) is 3.69. The average molecular weight is 248 g/mol. The summed E-state index contributed by atoms with van der Waals surface area (Å²) in [4.78, 5) is 22.9. The van der Waals surface area contributed by atoms with Crippen molar-refractivity contribution in [1.82, 2.24) is 0 Å². The molecule has 3 nitrogen and oxygen atoms in total. The van der Waals surface area contributed by atoms with Crippen molar-refractivity contribution < 1.29 is 14.3 Å². The molecule has 0 N–H and O–H groups in total. The second-order valence-electron chi connectivity index (χ2n) is 5.45. The van der Waals surface area contributed by atoms with Gasteiger partial charge in [-0.15, -0.1) is 0 Å². The van der Waals surface area contributed by atoms with Crippen LogP contribution in [0.3, 0.4) is 0 Å². The van der Waals surface area contributed by atoms with Crippen LogP contribution in [0, 0.1) is 5.41 Å². The zero-order valence-corrected chi connectivity index (χ0v) is 11.6. The molecule has 18 heavy (non-hydrogen) atoms. The maximum absolute atomic E-state index is 12.0. The van der Waals surface area contributed by atoms with Gasteiger partial charge in [0.25, 0.3) is 0 Å². The zero-order chi connectivity index (χ0) is 13.9. The van der Waals surface area contributed by atoms with Crippen LogP contribution in [0.25, 0.3) is 0 Å². The molecule has 0 aliphatic carbocycles. The minimum absolute atomic E-state index is 0.106. The van der Waals surface area contributed by atoms with E-state index in [0.29, 0.717) is 5.56 Å². The Balaban J connectivity index is 2.86. The molecule has 1 unspecified atom stereocenters. The van der Waals surface area contributed by atoms with E-state index in [4.69, 9.17) is 4.74 Å². The van der Waals surface area contributed by atoms with Crippen molar-refractivity contribution in [2.24, 2.45) is 5.41 Å². The number of ether oxygens (including phenoxy) is 1. The van der Waals surface area contributed by atoms with Gasteiger partial charge in [-0.2, -0.15) is 0 Å². The van der Waals surface area contributed by atoms with E-state index in [1.54, 1.807) is 12.1 Å². The lowest BCUT2D eigenvalue weighted by Gasteiger charge is -2.17. The Morgan fingerprint density at radius 3 is 2.00 bits per heavy atom. The van der Waals surface area contributed by atoms with Crippen molar-refractivity contribution in [1.29, 1.82) is 0 Å². The fourth-order valence-corrected chi connectivity index (χ4v) is 1.66. The summed E-state index contributed by atoms with van der Waals surface area (Å²) in [6, 6.07) is 7.21. The summed E-state index contributed by atoms with van der Waals surface area (Å²) in [6.45, 7) is 8.87. The summed E-state index contributed by atoms with van der Waals surface area (Å²) in [6.07, 6.45) is -0.290. The van der Waals surface area contributed by atoms with Gasteiger partial charge in [-0.25, -0.2) is 0 Å². The first-order valence-corrected chi connectivity index (χ1v) is 6.04. The lowest BCUT2D eigenvalue weighted by molar-refractivity contribution is -0.145. The fourth-order valence-electron chi connectivity index (χ4n) is 1.66. The lowest BCUT2D eigenvalue weighted by atomic mass is 9.86. The number of carbonyl (C=O) groups excluding carboxylic acids is 2. The molecule has 0 fully saturated rings. The number of benzene rings is 1. The van der Waals surface area contributed by atoms with Crippen molar-refractivity contribution in [3.8, 4) is 0 Å². The summed E-state index contributed by atoms with van der Waals surface area (Å²) < 4.78 is 5.08. The highest BCUT2D eigenvalue weighted by molar-refractivity contribution is 5.99. The van der Waals surface area contributed by atoms with Crippen LogP contribution in [-0.4, -0.2) is 11.8 Å². The van der Waals surface area contributed by atoms with E-state index in [-0.39, 0.29) is 23.3 Å². The van der Waals surface area contributed by atoms with Crippen molar-refractivity contribution in [3.63, 3.8) is 0 Å². The molecule has 0 spiro atoms. The molecule has 0 aliphatic heterocycles. The number of hydrogen-bond donors (Lipinski definition) is 0. The standard InChI is InChI=1S/C15H20O3/c1-10(18-11(2)16)12-6-8-13(9-7-12)14(17)15(3,4)5/h6-10H,1-5H3. The minimum atomic E-state index is -0.386. The molecule has 0 aliphatic rings. The molecule has 1 aromatic rings. The van der Waals surface area contributed by atoms with Gasteiger partial charge in [0.05, 0.1) is 0 Å². The molecule has 1 rings (SSSR count). The topological polar surface area (TPSA) is 43.4 Å². The zero-order valence-electron chi connectivity index (χ0n) is 11.6. The number of hydrogen-bond acceptors (Lipinski definition) is 3. The molecule has 3 heteroatoms. The van der Waals surface area contributed by atoms with Gasteiger partial charge in [0, 0.05) is 17.9 Å². The van der Waals surface area contributed by atoms with Gasteiger partial charge < -0.3 is 4.74 Å². The number of carbonyl (C=O) groups is 2. The van der Waals surface area contributed by atoms with Gasteiger partial charge in [0.1, 0.15) is 6.10 Å². The first kappa shape index (κ1) is 14.4. The van der Waals surface area contributed by atoms with E-state index in [0.717, 1.165) is 5.56 Å². The molecule has 98 valence electrons. The highest BCUT2D eigenvalue weighted by Gasteiger charge is 2.22. The molecule has 0 heterocycles. The van der Waals surface area contributed by atoms with Crippen molar-refractivity contribution in [2.45, 2.75) is 40.7 Å². The summed E-state index contributed by atoms with van der Waals surface area (Å²) in [5.74, 6) is -0.202. The summed E-state index contributed by atoms with van der Waals surface area (Å²) >= 11 is 0. The first-order chi connectivity index (χ1) is 8.21. The molecular weight excluding hydrogens is 228 g/mol. The van der Waals surface area contributed by atoms with Crippen molar-refractivity contribution in [3.05, 3.63) is 35.4 Å². The molecule has 1 atom stereocenters. The van der Waals surface area contributed by atoms with Gasteiger partial charge in [-0.05, 0) is 12.5 Å². The predicted octanol–water partition coefficient (Wildman–Crippen LogP) is 3.54. The van der Waals surface area contributed by atoms with E-state index < -0.39 is 0 Å². The molecule has 0 amide bonds. The summed E-state index contributed by atoms with van der Waals surface area (Å²) in [7, 11) is 0. The van der Waals surface area contributed by atoms with Crippen LogP contribution in [0.1, 0.15) is 56.6 Å². The van der Waals surface area contributed by atoms with Crippen LogP contribution in [-0.2, 0) is 9.53 Å². The molecular formula is C15H20O3. The van der Waals surface area contributed by atoms with E-state index in [1.807, 2.05) is 39.8 Å². The van der Waals surface area contributed by atoms with Crippen LogP contribution < -0.4 is 0 Å². The average Bonchev–Trinajstić information content (AvgIpc) is 2.26. The number of ketones is 1. The van der Waals surface area contributed by atoms with Crippen molar-refractivity contribution in [2.75, 3.05) is 0 Å². The highest BCUT2D eigenvalue weighted by Crippen LogP contribution is 2.23. The third-order valence-corrected chi connectivity index (χ3v) is 2.67. The summed E-state index contributed by atoms with van der Waals surface area (Å²) in [5, 5.41) is 0. The largest absolute Gasteiger partial charge is 0.458 e. The van der Waals surface area contributed by atoms with E-state index in [2.05, 4.69) is 0 Å². The normalized spacial score (nSPS) is 12.9. The lowest BCUT2D eigenvalue weighted by Crippen LogP contribution is -2.20. The van der Waals surface area contributed by atoms with Crippen molar-refractivity contribution >= 4 is 11.8 Å². The highest BCUT2D eigenvalue weighted by atomic mass is 16.5. The third-order valence-electron chi connectivity index (χ3n) is 2.67. The maximum Gasteiger partial charge on any atom is 0.303 e. The van der Waals surface area contributed by atoms with E-state index in [9.17, 15) is 9.59 Å². The predicted molar refractivity (Wildman–Crippen MR) is 70.4 cm³/mol. The van der Waals surface area contributed by atoms with Gasteiger partial charge in [0.2, 0.25) is 0 Å². The Labute approximate surface area is 108 Å². The second kappa shape index (κ2) is 5.34. The Morgan fingerprint density at radius 1 is 1.11 bits per heavy atom. The molecule has 0 aromatic heterocycles. The van der Waals surface area contributed by atoms with E-state index >= 15 is 0 Å². The fraction of sp³-hybridized carbons (Fsp3) is 0.467. The van der Waals surface area contributed by atoms with Gasteiger partial charge in [0.15, 0.2) is 5.78 Å². The monoisotopic (exact) mass is 248 g/mol. The molecule has 1 aromatic carbocycles. The minimum Gasteiger partial charge on any atom is -0.458 e. The Kier molecular flexibility index (Phi) is 4.28. The van der Waals surface area contributed by atoms with Gasteiger partial charge >= 0.3 is 5.97 Å². The van der Waals surface area contributed by atoms with Crippen LogP contribution in [0.2, 0.25) is 0 Å². The molecule has 0 bridgehead atoms. The molecule has 0 saturated carbocycles. The second-order valence-corrected chi connectivity index (χ2v) is 5.45. The van der Waals surface area contributed by atoms with Gasteiger partial charge in [-0.1, -0.05) is 45.0 Å². The van der Waals surface area contributed by atoms with Crippen LogP contribution in [0.5, 0.6) is 0 Å². The van der Waals surface area contributed by atoms with Gasteiger partial charge in [-0.3, -0.25) is 9.59 Å². The molecule has 0 radical (unpaired) electrons. The van der Waals surface area contributed by atoms with Crippen LogP contribution in [0.15, 0.2) is 24.3 Å². The Morgan fingerprint density at radius 2 is 1.61 bits per heavy atom. The number of rotatable bonds is 3. The Hall–Kier alpha value is -1.64. The number of Topliss-reactive ketones (excluding diaryl/α,β-unsaturated/α-hetero) is 1.